The molecule has 114 valence electrons. The molecule has 0 fully saturated rings. The topological polar surface area (TPSA) is 52.0 Å². The fraction of sp³-hybridized carbons (Fsp3) is 0.400. The molecular weight excluding hydrogens is 268 g/mol. The fourth-order valence-corrected chi connectivity index (χ4v) is 4.30. The van der Waals surface area contributed by atoms with Crippen LogP contribution in [0.2, 0.25) is 0 Å². The second-order valence-corrected chi connectivity index (χ2v) is 6.73. The first-order valence-corrected chi connectivity index (χ1v) is 8.56. The summed E-state index contributed by atoms with van der Waals surface area (Å²) in [7, 11) is 0. The van der Waals surface area contributed by atoms with Crippen LogP contribution in [0.3, 0.4) is 0 Å². The maximum Gasteiger partial charge on any atom is 0.0349 e. The average Bonchev–Trinajstić information content (AvgIpc) is 2.57. The Labute approximate surface area is 132 Å². The van der Waals surface area contributed by atoms with Crippen LogP contribution in [-0.4, -0.2) is 0 Å². The Morgan fingerprint density at radius 2 is 0.864 bits per heavy atom. The molecule has 0 bridgehead atoms. The minimum Gasteiger partial charge on any atom is -0.398 e. The van der Waals surface area contributed by atoms with Crippen molar-refractivity contribution in [2.45, 2.75) is 51.4 Å². The first-order valence-electron chi connectivity index (χ1n) is 8.56. The zero-order valence-electron chi connectivity index (χ0n) is 13.1. The highest BCUT2D eigenvalue weighted by Crippen LogP contribution is 2.40. The van der Waals surface area contributed by atoms with Crippen LogP contribution in [0.15, 0.2) is 24.3 Å². The van der Waals surface area contributed by atoms with Gasteiger partial charge in [-0.05, 0) is 96.9 Å². The van der Waals surface area contributed by atoms with E-state index in [2.05, 4.69) is 24.3 Å². The molecule has 4 rings (SSSR count). The Balaban J connectivity index is 1.93. The number of anilines is 2. The fourth-order valence-electron chi connectivity index (χ4n) is 4.30. The SMILES string of the molecule is Nc1ccc(-c2ccc(N)c3c2CCCC3)c2c1CCCC2. The van der Waals surface area contributed by atoms with Crippen LogP contribution in [-0.2, 0) is 25.7 Å². The van der Waals surface area contributed by atoms with E-state index >= 15 is 0 Å². The molecule has 0 heterocycles. The first kappa shape index (κ1) is 13.7. The summed E-state index contributed by atoms with van der Waals surface area (Å²) in [6.45, 7) is 0. The number of rotatable bonds is 1. The number of hydrogen-bond donors (Lipinski definition) is 2. The smallest absolute Gasteiger partial charge is 0.0349 e. The molecule has 0 amide bonds. The van der Waals surface area contributed by atoms with Gasteiger partial charge >= 0.3 is 0 Å². The zero-order chi connectivity index (χ0) is 15.1. The predicted molar refractivity (Wildman–Crippen MR) is 94.0 cm³/mol. The van der Waals surface area contributed by atoms with E-state index in [1.54, 1.807) is 0 Å². The maximum absolute atomic E-state index is 6.23. The van der Waals surface area contributed by atoms with Crippen LogP contribution in [0, 0.1) is 0 Å². The molecular formula is C20H24N2. The van der Waals surface area contributed by atoms with Crippen LogP contribution in [0.5, 0.6) is 0 Å². The van der Waals surface area contributed by atoms with Crippen molar-refractivity contribution < 1.29 is 0 Å². The zero-order valence-corrected chi connectivity index (χ0v) is 13.1. The van der Waals surface area contributed by atoms with Gasteiger partial charge in [-0.3, -0.25) is 0 Å². The molecule has 2 aromatic rings. The molecule has 0 radical (unpaired) electrons. The normalized spacial score (nSPS) is 16.9. The highest BCUT2D eigenvalue weighted by atomic mass is 14.6. The lowest BCUT2D eigenvalue weighted by Gasteiger charge is -2.26. The van der Waals surface area contributed by atoms with Crippen LogP contribution in [0.25, 0.3) is 11.1 Å². The van der Waals surface area contributed by atoms with Crippen LogP contribution in [0.1, 0.15) is 47.9 Å². The van der Waals surface area contributed by atoms with E-state index in [0.29, 0.717) is 0 Å². The van der Waals surface area contributed by atoms with Gasteiger partial charge in [0.15, 0.2) is 0 Å². The minimum absolute atomic E-state index is 0.975. The predicted octanol–water partition coefficient (Wildman–Crippen LogP) is 4.28. The van der Waals surface area contributed by atoms with Gasteiger partial charge in [0.2, 0.25) is 0 Å². The van der Waals surface area contributed by atoms with E-state index in [1.807, 2.05) is 0 Å². The molecule has 0 saturated carbocycles. The van der Waals surface area contributed by atoms with Gasteiger partial charge in [0.25, 0.3) is 0 Å². The Hall–Kier alpha value is -1.96. The number of nitrogen functional groups attached to an aromatic ring is 2. The van der Waals surface area contributed by atoms with Crippen LogP contribution in [0.4, 0.5) is 11.4 Å². The minimum atomic E-state index is 0.975. The first-order chi connectivity index (χ1) is 10.8. The molecule has 2 nitrogen and oxygen atoms in total. The van der Waals surface area contributed by atoms with Crippen molar-refractivity contribution in [3.05, 3.63) is 46.5 Å². The molecule has 2 aliphatic rings. The van der Waals surface area contributed by atoms with E-state index in [1.165, 1.54) is 59.1 Å². The van der Waals surface area contributed by atoms with Crippen LogP contribution < -0.4 is 11.5 Å². The molecule has 0 spiro atoms. The third-order valence-corrected chi connectivity index (χ3v) is 5.43. The summed E-state index contributed by atoms with van der Waals surface area (Å²) in [6, 6.07) is 8.68. The van der Waals surface area contributed by atoms with Crippen molar-refractivity contribution in [1.29, 1.82) is 0 Å². The summed E-state index contributed by atoms with van der Waals surface area (Å²) in [5, 5.41) is 0. The van der Waals surface area contributed by atoms with E-state index in [9.17, 15) is 0 Å². The summed E-state index contributed by atoms with van der Waals surface area (Å²) >= 11 is 0. The standard InChI is InChI=1S/C20H24N2/c21-19-11-9-15(13-5-1-3-7-17(13)19)16-10-12-20(22)18-8-4-2-6-14(16)18/h9-12H,1-8,21-22H2. The summed E-state index contributed by atoms with van der Waals surface area (Å²) < 4.78 is 0. The largest absolute Gasteiger partial charge is 0.398 e. The molecule has 2 aliphatic carbocycles. The average molecular weight is 292 g/mol. The quantitative estimate of drug-likeness (QED) is 0.771. The van der Waals surface area contributed by atoms with Crippen molar-refractivity contribution in [3.63, 3.8) is 0 Å². The molecule has 2 aromatic carbocycles. The van der Waals surface area contributed by atoms with E-state index in [4.69, 9.17) is 11.5 Å². The van der Waals surface area contributed by atoms with Gasteiger partial charge in [-0.1, -0.05) is 12.1 Å². The van der Waals surface area contributed by atoms with Gasteiger partial charge in [-0.2, -0.15) is 0 Å². The highest BCUT2D eigenvalue weighted by molar-refractivity contribution is 5.78. The summed E-state index contributed by atoms with van der Waals surface area (Å²) in [6.07, 6.45) is 9.67. The monoisotopic (exact) mass is 292 g/mol. The van der Waals surface area contributed by atoms with E-state index < -0.39 is 0 Å². The highest BCUT2D eigenvalue weighted by Gasteiger charge is 2.21. The third kappa shape index (κ3) is 2.09. The molecule has 2 heteroatoms. The van der Waals surface area contributed by atoms with Gasteiger partial charge in [0, 0.05) is 11.4 Å². The molecule has 0 unspecified atom stereocenters. The molecule has 0 aliphatic heterocycles. The molecule has 0 saturated heterocycles. The lowest BCUT2D eigenvalue weighted by Crippen LogP contribution is -2.11. The van der Waals surface area contributed by atoms with E-state index in [-0.39, 0.29) is 0 Å². The van der Waals surface area contributed by atoms with Gasteiger partial charge in [-0.15, -0.1) is 0 Å². The number of fused-ring (bicyclic) bond motifs is 2. The summed E-state index contributed by atoms with van der Waals surface area (Å²) in [4.78, 5) is 0. The van der Waals surface area contributed by atoms with Gasteiger partial charge in [0.05, 0.1) is 0 Å². The number of hydrogen-bond acceptors (Lipinski definition) is 2. The van der Waals surface area contributed by atoms with Crippen molar-refractivity contribution >= 4 is 11.4 Å². The van der Waals surface area contributed by atoms with Crippen LogP contribution >= 0.6 is 0 Å². The summed E-state index contributed by atoms with van der Waals surface area (Å²) in [5.74, 6) is 0. The second-order valence-electron chi connectivity index (χ2n) is 6.73. The Morgan fingerprint density at radius 1 is 0.500 bits per heavy atom. The van der Waals surface area contributed by atoms with Gasteiger partial charge < -0.3 is 11.5 Å². The van der Waals surface area contributed by atoms with E-state index in [0.717, 1.165) is 37.1 Å². The van der Waals surface area contributed by atoms with Gasteiger partial charge in [0.1, 0.15) is 0 Å². The molecule has 4 N–H and O–H groups in total. The van der Waals surface area contributed by atoms with Crippen molar-refractivity contribution in [2.75, 3.05) is 11.5 Å². The van der Waals surface area contributed by atoms with Crippen molar-refractivity contribution in [2.24, 2.45) is 0 Å². The molecule has 0 atom stereocenters. The Bertz CT molecular complexity index is 667. The van der Waals surface area contributed by atoms with Crippen molar-refractivity contribution in [1.82, 2.24) is 0 Å². The molecule has 22 heavy (non-hydrogen) atoms. The lowest BCUT2D eigenvalue weighted by molar-refractivity contribution is 0.683. The summed E-state index contributed by atoms with van der Waals surface area (Å²) in [5.41, 5.74) is 23.0. The Morgan fingerprint density at radius 3 is 1.27 bits per heavy atom. The second kappa shape index (κ2) is 5.35. The maximum atomic E-state index is 6.23. The van der Waals surface area contributed by atoms with Crippen molar-refractivity contribution in [3.8, 4) is 11.1 Å². The number of benzene rings is 2. The third-order valence-electron chi connectivity index (χ3n) is 5.43. The lowest BCUT2D eigenvalue weighted by atomic mass is 9.80. The molecule has 0 aromatic heterocycles. The Kier molecular flexibility index (Phi) is 3.33. The van der Waals surface area contributed by atoms with Gasteiger partial charge in [-0.25, -0.2) is 0 Å². The number of nitrogens with two attached hydrogens (primary N) is 2.